The zero-order chi connectivity index (χ0) is 22.4. The Morgan fingerprint density at radius 1 is 1.32 bits per heavy atom. The third kappa shape index (κ3) is 5.81. The van der Waals surface area contributed by atoms with Crippen molar-refractivity contribution in [2.24, 2.45) is 4.99 Å². The molecule has 0 radical (unpaired) electrons. The second-order valence-corrected chi connectivity index (χ2v) is 9.27. The number of rotatable bonds is 7. The summed E-state index contributed by atoms with van der Waals surface area (Å²) in [5.41, 5.74) is 1.59. The zero-order valence-electron chi connectivity index (χ0n) is 16.6. The number of hydrogen-bond donors (Lipinski definition) is 1. The van der Waals surface area contributed by atoms with Gasteiger partial charge in [-0.05, 0) is 81.3 Å². The van der Waals surface area contributed by atoms with E-state index in [9.17, 15) is 9.90 Å². The van der Waals surface area contributed by atoms with Crippen LogP contribution in [0.15, 0.2) is 80.8 Å². The number of hydrogen-bond acceptors (Lipinski definition) is 6. The number of esters is 1. The summed E-state index contributed by atoms with van der Waals surface area (Å²) >= 11 is 6.95. The average Bonchev–Trinajstić information content (AvgIpc) is 3.03. The van der Waals surface area contributed by atoms with Crippen LogP contribution in [0.5, 0.6) is 5.75 Å². The van der Waals surface area contributed by atoms with Gasteiger partial charge in [0.1, 0.15) is 28.7 Å². The molecule has 31 heavy (non-hydrogen) atoms. The van der Waals surface area contributed by atoms with Gasteiger partial charge < -0.3 is 14.6 Å². The summed E-state index contributed by atoms with van der Waals surface area (Å²) < 4.78 is 12.5. The van der Waals surface area contributed by atoms with Crippen LogP contribution in [0.2, 0.25) is 0 Å². The summed E-state index contributed by atoms with van der Waals surface area (Å²) in [5, 5.41) is 11.2. The molecule has 0 bridgehead atoms. The lowest BCUT2D eigenvalue weighted by Gasteiger charge is -2.10. The summed E-state index contributed by atoms with van der Waals surface area (Å²) in [6.45, 7) is 5.99. The molecule has 160 valence electrons. The third-order valence-corrected chi connectivity index (χ3v) is 6.43. The minimum Gasteiger partial charge on any atom is -0.506 e. The van der Waals surface area contributed by atoms with Gasteiger partial charge in [0.15, 0.2) is 0 Å². The Kier molecular flexibility index (Phi) is 8.39. The van der Waals surface area contributed by atoms with Crippen molar-refractivity contribution in [3.8, 4) is 5.75 Å². The van der Waals surface area contributed by atoms with Gasteiger partial charge in [-0.2, -0.15) is 0 Å². The molecule has 0 unspecified atom stereocenters. The number of nitrogens with zero attached hydrogens (tertiary/aromatic N) is 1. The van der Waals surface area contributed by atoms with E-state index in [4.69, 9.17) is 9.47 Å². The second-order valence-electron chi connectivity index (χ2n) is 6.22. The van der Waals surface area contributed by atoms with Gasteiger partial charge in [0.25, 0.3) is 0 Å². The molecule has 0 atom stereocenters. The van der Waals surface area contributed by atoms with Crippen LogP contribution in [0, 0.1) is 3.57 Å². The molecule has 2 aromatic rings. The minimum atomic E-state index is -0.602. The molecule has 0 aliphatic carbocycles. The van der Waals surface area contributed by atoms with Gasteiger partial charge in [0, 0.05) is 0 Å². The first kappa shape index (κ1) is 23.6. The second kappa shape index (κ2) is 11.0. The van der Waals surface area contributed by atoms with Crippen molar-refractivity contribution in [3.63, 3.8) is 0 Å². The molecule has 0 aromatic heterocycles. The van der Waals surface area contributed by atoms with Crippen molar-refractivity contribution in [2.75, 3.05) is 13.2 Å². The van der Waals surface area contributed by atoms with Crippen LogP contribution >= 0.6 is 50.3 Å². The lowest BCUT2D eigenvalue weighted by molar-refractivity contribution is -0.138. The largest absolute Gasteiger partial charge is 0.506 e. The quantitative estimate of drug-likeness (QED) is 0.212. The van der Waals surface area contributed by atoms with Crippen LogP contribution in [0.25, 0.3) is 6.08 Å². The highest BCUT2D eigenvalue weighted by molar-refractivity contribution is 14.1. The Balaban J connectivity index is 2.01. The lowest BCUT2D eigenvalue weighted by Crippen LogP contribution is -2.12. The fourth-order valence-electron chi connectivity index (χ4n) is 2.71. The van der Waals surface area contributed by atoms with Crippen LogP contribution in [0.1, 0.15) is 12.5 Å². The molecule has 0 saturated carbocycles. The number of carbonyl (C=O) groups is 1. The van der Waals surface area contributed by atoms with Crippen LogP contribution in [-0.2, 0) is 9.53 Å². The van der Waals surface area contributed by atoms with Gasteiger partial charge in [-0.3, -0.25) is 0 Å². The smallest absolute Gasteiger partial charge is 0.344 e. The van der Waals surface area contributed by atoms with Crippen molar-refractivity contribution in [3.05, 3.63) is 85.0 Å². The van der Waals surface area contributed by atoms with E-state index in [0.29, 0.717) is 22.2 Å². The van der Waals surface area contributed by atoms with Gasteiger partial charge in [-0.15, -0.1) is 0 Å². The molecule has 0 spiro atoms. The number of thioether (sulfide) groups is 1. The third-order valence-electron chi connectivity index (χ3n) is 4.02. The van der Waals surface area contributed by atoms with E-state index in [1.165, 1.54) is 11.8 Å². The molecule has 0 saturated heterocycles. The Morgan fingerprint density at radius 3 is 2.71 bits per heavy atom. The van der Waals surface area contributed by atoms with E-state index >= 15 is 0 Å². The maximum absolute atomic E-state index is 12.5. The van der Waals surface area contributed by atoms with E-state index in [-0.39, 0.29) is 17.9 Å². The molecule has 1 heterocycles. The van der Waals surface area contributed by atoms with Gasteiger partial charge >= 0.3 is 5.97 Å². The highest BCUT2D eigenvalue weighted by atomic mass is 127. The highest BCUT2D eigenvalue weighted by Crippen LogP contribution is 2.41. The molecule has 5 nitrogen and oxygen atoms in total. The summed E-state index contributed by atoms with van der Waals surface area (Å²) in [4.78, 5) is 17.6. The SMILES string of the molecule is C=CCOc1c(Br)cc(/C=C2\SC(=Nc3ccccc3)C(C(=O)OCC)=C2O)cc1I. The molecule has 0 amide bonds. The number of benzene rings is 2. The van der Waals surface area contributed by atoms with Gasteiger partial charge in [0.2, 0.25) is 0 Å². The summed E-state index contributed by atoms with van der Waals surface area (Å²) in [7, 11) is 0. The predicted octanol–water partition coefficient (Wildman–Crippen LogP) is 6.81. The van der Waals surface area contributed by atoms with Crippen LogP contribution < -0.4 is 4.74 Å². The van der Waals surface area contributed by atoms with Gasteiger partial charge in [-0.1, -0.05) is 42.6 Å². The summed E-state index contributed by atoms with van der Waals surface area (Å²) in [6.07, 6.45) is 3.48. The van der Waals surface area contributed by atoms with Crippen molar-refractivity contribution in [1.29, 1.82) is 0 Å². The van der Waals surface area contributed by atoms with Crippen LogP contribution in [-0.4, -0.2) is 29.3 Å². The lowest BCUT2D eigenvalue weighted by atomic mass is 10.1. The molecule has 1 aliphatic rings. The fourth-order valence-corrected chi connectivity index (χ4v) is 5.51. The van der Waals surface area contributed by atoms with E-state index in [1.54, 1.807) is 19.1 Å². The monoisotopic (exact) mass is 611 g/mol. The van der Waals surface area contributed by atoms with E-state index < -0.39 is 5.97 Å². The Labute approximate surface area is 207 Å². The van der Waals surface area contributed by atoms with Crippen LogP contribution in [0.3, 0.4) is 0 Å². The predicted molar refractivity (Wildman–Crippen MR) is 138 cm³/mol. The van der Waals surface area contributed by atoms with Crippen molar-refractivity contribution >= 4 is 73.1 Å². The molecular weight excluding hydrogens is 593 g/mol. The van der Waals surface area contributed by atoms with Gasteiger partial charge in [0.05, 0.1) is 25.2 Å². The number of aliphatic hydroxyl groups excluding tert-OH is 1. The number of ether oxygens (including phenoxy) is 2. The van der Waals surface area contributed by atoms with Crippen molar-refractivity contribution < 1.29 is 19.4 Å². The Hall–Kier alpha value is -2.04. The summed E-state index contributed by atoms with van der Waals surface area (Å²) in [6, 6.07) is 13.1. The first-order valence-electron chi connectivity index (χ1n) is 9.31. The molecule has 0 fully saturated rings. The number of aliphatic hydroxyl groups is 1. The number of carbonyl (C=O) groups excluding carboxylic acids is 1. The van der Waals surface area contributed by atoms with Crippen molar-refractivity contribution in [2.45, 2.75) is 6.92 Å². The first-order valence-corrected chi connectivity index (χ1v) is 12.0. The standard InChI is InChI=1S/C23H19BrINO4S/c1-3-10-30-21-16(24)11-14(12-17(21)25)13-18-20(27)19(23(28)29-4-2)22(31-18)26-15-8-6-5-7-9-15/h3,5-9,11-13,27H,1,4,10H2,2H3/b18-13-,26-22?. The summed E-state index contributed by atoms with van der Waals surface area (Å²) in [5.74, 6) is -0.0224. The normalized spacial score (nSPS) is 16.1. The molecular formula is C23H19BrINO4S. The molecule has 3 rings (SSSR count). The van der Waals surface area contributed by atoms with Crippen LogP contribution in [0.4, 0.5) is 5.69 Å². The van der Waals surface area contributed by atoms with E-state index in [0.717, 1.165) is 19.4 Å². The molecule has 2 aromatic carbocycles. The topological polar surface area (TPSA) is 68.1 Å². The minimum absolute atomic E-state index is 0.0710. The number of para-hydroxylation sites is 1. The zero-order valence-corrected chi connectivity index (χ0v) is 21.2. The fraction of sp³-hybridized carbons (Fsp3) is 0.130. The first-order chi connectivity index (χ1) is 14.9. The maximum atomic E-state index is 12.5. The maximum Gasteiger partial charge on any atom is 0.344 e. The molecule has 1 N–H and O–H groups in total. The number of halogens is 2. The Morgan fingerprint density at radius 2 is 2.06 bits per heavy atom. The average molecular weight is 612 g/mol. The van der Waals surface area contributed by atoms with Gasteiger partial charge in [-0.25, -0.2) is 9.79 Å². The van der Waals surface area contributed by atoms with E-state index in [2.05, 4.69) is 50.1 Å². The molecule has 8 heteroatoms. The Bertz CT molecular complexity index is 1070. The van der Waals surface area contributed by atoms with Crippen molar-refractivity contribution in [1.82, 2.24) is 0 Å². The molecule has 1 aliphatic heterocycles. The highest BCUT2D eigenvalue weighted by Gasteiger charge is 2.33. The number of aliphatic imine (C=N–C) groups is 1. The van der Waals surface area contributed by atoms with E-state index in [1.807, 2.05) is 42.5 Å².